The summed E-state index contributed by atoms with van der Waals surface area (Å²) in [4.78, 5) is 16.0. The van der Waals surface area contributed by atoms with Crippen LogP contribution in [0.4, 0.5) is 0 Å². The number of rotatable bonds is 4. The summed E-state index contributed by atoms with van der Waals surface area (Å²) >= 11 is 0. The first-order chi connectivity index (χ1) is 7.54. The van der Waals surface area contributed by atoms with Crippen LogP contribution in [0.5, 0.6) is 0 Å². The molecule has 1 aliphatic rings. The number of aliphatic hydroxyl groups excluding tert-OH is 1. The molecule has 1 fully saturated rings. The number of carbonyl (C=O) groups excluding carboxylic acids is 1. The fourth-order valence-corrected chi connectivity index (χ4v) is 2.18. The molecular weight excluding hydrogens is 204 g/mol. The first kappa shape index (κ1) is 13.5. The molecule has 1 saturated heterocycles. The van der Waals surface area contributed by atoms with Crippen molar-refractivity contribution in [1.82, 2.24) is 9.80 Å². The highest BCUT2D eigenvalue weighted by Crippen LogP contribution is 2.14. The van der Waals surface area contributed by atoms with Crippen molar-refractivity contribution in [2.45, 2.75) is 32.7 Å². The minimum Gasteiger partial charge on any atom is -0.394 e. The van der Waals surface area contributed by atoms with Gasteiger partial charge in [-0.15, -0.1) is 0 Å². The van der Waals surface area contributed by atoms with Crippen LogP contribution in [0.1, 0.15) is 26.7 Å². The summed E-state index contributed by atoms with van der Waals surface area (Å²) in [5, 5.41) is 9.40. The van der Waals surface area contributed by atoms with E-state index < -0.39 is 0 Å². The molecule has 0 radical (unpaired) electrons. The third kappa shape index (κ3) is 3.76. The zero-order valence-electron chi connectivity index (χ0n) is 10.6. The highest BCUT2D eigenvalue weighted by Gasteiger charge is 2.26. The van der Waals surface area contributed by atoms with Gasteiger partial charge < -0.3 is 14.9 Å². The number of hydrogen-bond acceptors (Lipinski definition) is 3. The Morgan fingerprint density at radius 3 is 2.56 bits per heavy atom. The van der Waals surface area contributed by atoms with Gasteiger partial charge in [0.05, 0.1) is 12.6 Å². The Kier molecular flexibility index (Phi) is 5.22. The molecule has 0 aromatic carbocycles. The third-order valence-corrected chi connectivity index (χ3v) is 3.15. The van der Waals surface area contributed by atoms with E-state index in [1.807, 2.05) is 11.9 Å². The maximum atomic E-state index is 11.9. The predicted molar refractivity (Wildman–Crippen MR) is 64.2 cm³/mol. The fraction of sp³-hybridized carbons (Fsp3) is 0.917. The molecule has 1 rings (SSSR count). The second-order valence-corrected chi connectivity index (χ2v) is 5.11. The highest BCUT2D eigenvalue weighted by molar-refractivity contribution is 5.77. The van der Waals surface area contributed by atoms with E-state index in [0.29, 0.717) is 12.3 Å². The largest absolute Gasteiger partial charge is 0.394 e. The minimum atomic E-state index is -0.000926. The van der Waals surface area contributed by atoms with Crippen LogP contribution in [0.3, 0.4) is 0 Å². The van der Waals surface area contributed by atoms with Gasteiger partial charge in [-0.1, -0.05) is 13.8 Å². The molecule has 0 aliphatic carbocycles. The average molecular weight is 228 g/mol. The van der Waals surface area contributed by atoms with E-state index in [4.69, 9.17) is 0 Å². The van der Waals surface area contributed by atoms with Crippen molar-refractivity contribution in [2.75, 3.05) is 33.3 Å². The maximum Gasteiger partial charge on any atom is 0.224 e. The Morgan fingerprint density at radius 1 is 1.31 bits per heavy atom. The van der Waals surface area contributed by atoms with Gasteiger partial charge in [0.1, 0.15) is 0 Å². The summed E-state index contributed by atoms with van der Waals surface area (Å²) in [5.74, 6) is 0.690. The van der Waals surface area contributed by atoms with Gasteiger partial charge >= 0.3 is 0 Å². The monoisotopic (exact) mass is 228 g/mol. The smallest absolute Gasteiger partial charge is 0.224 e. The van der Waals surface area contributed by atoms with Crippen molar-refractivity contribution in [1.29, 1.82) is 0 Å². The Labute approximate surface area is 98.2 Å². The molecule has 0 aromatic rings. The van der Waals surface area contributed by atoms with Crippen molar-refractivity contribution in [2.24, 2.45) is 5.92 Å². The summed E-state index contributed by atoms with van der Waals surface area (Å²) in [6, 6.07) is -0.000926. The van der Waals surface area contributed by atoms with Gasteiger partial charge in [0.2, 0.25) is 5.91 Å². The quantitative estimate of drug-likeness (QED) is 0.764. The molecule has 1 N–H and O–H groups in total. The van der Waals surface area contributed by atoms with Crippen LogP contribution in [0, 0.1) is 5.92 Å². The summed E-state index contributed by atoms with van der Waals surface area (Å²) in [7, 11) is 2.03. The number of hydrogen-bond donors (Lipinski definition) is 1. The second kappa shape index (κ2) is 6.21. The Hall–Kier alpha value is -0.610. The van der Waals surface area contributed by atoms with E-state index >= 15 is 0 Å². The normalized spacial score (nSPS) is 21.3. The highest BCUT2D eigenvalue weighted by atomic mass is 16.3. The van der Waals surface area contributed by atoms with Crippen LogP contribution in [0.15, 0.2) is 0 Å². The third-order valence-electron chi connectivity index (χ3n) is 3.15. The molecule has 0 aromatic heterocycles. The average Bonchev–Trinajstić information content (AvgIpc) is 2.38. The van der Waals surface area contributed by atoms with Crippen molar-refractivity contribution in [3.05, 3.63) is 0 Å². The van der Waals surface area contributed by atoms with E-state index in [1.54, 1.807) is 0 Å². The molecule has 1 aliphatic heterocycles. The lowest BCUT2D eigenvalue weighted by atomic mass is 10.0. The number of carbonyl (C=O) groups is 1. The second-order valence-electron chi connectivity index (χ2n) is 5.11. The molecule has 4 nitrogen and oxygen atoms in total. The van der Waals surface area contributed by atoms with Crippen LogP contribution in [0.25, 0.3) is 0 Å². The maximum absolute atomic E-state index is 11.9. The summed E-state index contributed by atoms with van der Waals surface area (Å²) < 4.78 is 0. The topological polar surface area (TPSA) is 43.8 Å². The van der Waals surface area contributed by atoms with E-state index in [-0.39, 0.29) is 18.6 Å². The summed E-state index contributed by atoms with van der Waals surface area (Å²) in [6.45, 7) is 6.80. The zero-order chi connectivity index (χ0) is 12.1. The minimum absolute atomic E-state index is 0.000926. The lowest BCUT2D eigenvalue weighted by Gasteiger charge is -2.30. The molecule has 0 bridgehead atoms. The van der Waals surface area contributed by atoms with Gasteiger partial charge in [-0.2, -0.15) is 0 Å². The van der Waals surface area contributed by atoms with Gasteiger partial charge in [0.25, 0.3) is 0 Å². The first-order valence-electron chi connectivity index (χ1n) is 6.13. The van der Waals surface area contributed by atoms with Crippen molar-refractivity contribution < 1.29 is 9.90 Å². The standard InChI is InChI=1S/C12H24N2O2/c1-10(2)8-11(9-15)14-7-6-13(3)5-4-12(14)16/h10-11,15H,4-9H2,1-3H3/t11-/m0/s1. The Bertz CT molecular complexity index is 231. The molecule has 1 amide bonds. The summed E-state index contributed by atoms with van der Waals surface area (Å²) in [5.41, 5.74) is 0. The van der Waals surface area contributed by atoms with E-state index in [1.165, 1.54) is 0 Å². The molecule has 1 heterocycles. The Morgan fingerprint density at radius 2 is 2.00 bits per heavy atom. The number of nitrogens with zero attached hydrogens (tertiary/aromatic N) is 2. The molecule has 0 saturated carbocycles. The van der Waals surface area contributed by atoms with Crippen molar-refractivity contribution in [3.63, 3.8) is 0 Å². The molecule has 16 heavy (non-hydrogen) atoms. The molecule has 0 unspecified atom stereocenters. The van der Waals surface area contributed by atoms with Gasteiger partial charge in [0, 0.05) is 26.1 Å². The molecular formula is C12H24N2O2. The van der Waals surface area contributed by atoms with Crippen LogP contribution < -0.4 is 0 Å². The number of aliphatic hydroxyl groups is 1. The van der Waals surface area contributed by atoms with Gasteiger partial charge in [-0.05, 0) is 19.4 Å². The van der Waals surface area contributed by atoms with E-state index in [2.05, 4.69) is 18.7 Å². The van der Waals surface area contributed by atoms with Crippen molar-refractivity contribution in [3.8, 4) is 0 Å². The number of likely N-dealkylation sites (N-methyl/N-ethyl adjacent to an activating group) is 1. The molecule has 94 valence electrons. The molecule has 4 heteroatoms. The lowest BCUT2D eigenvalue weighted by molar-refractivity contribution is -0.133. The van der Waals surface area contributed by atoms with Crippen LogP contribution in [0.2, 0.25) is 0 Å². The van der Waals surface area contributed by atoms with Crippen LogP contribution in [-0.4, -0.2) is 60.1 Å². The fourth-order valence-electron chi connectivity index (χ4n) is 2.18. The van der Waals surface area contributed by atoms with Gasteiger partial charge in [-0.25, -0.2) is 0 Å². The van der Waals surface area contributed by atoms with Gasteiger partial charge in [-0.3, -0.25) is 4.79 Å². The van der Waals surface area contributed by atoms with E-state index in [9.17, 15) is 9.90 Å². The first-order valence-corrected chi connectivity index (χ1v) is 6.13. The summed E-state index contributed by atoms with van der Waals surface area (Å²) in [6.07, 6.45) is 1.46. The van der Waals surface area contributed by atoms with Crippen molar-refractivity contribution >= 4 is 5.91 Å². The van der Waals surface area contributed by atoms with Crippen LogP contribution in [-0.2, 0) is 4.79 Å². The van der Waals surface area contributed by atoms with E-state index in [0.717, 1.165) is 26.1 Å². The number of amides is 1. The lowest BCUT2D eigenvalue weighted by Crippen LogP contribution is -2.44. The van der Waals surface area contributed by atoms with Crippen LogP contribution >= 0.6 is 0 Å². The SMILES string of the molecule is CC(C)C[C@@H](CO)N1CCN(C)CCC1=O. The predicted octanol–water partition coefficient (Wildman–Crippen LogP) is 0.557. The molecule has 1 atom stereocenters. The zero-order valence-corrected chi connectivity index (χ0v) is 10.6. The molecule has 0 spiro atoms. The Balaban J connectivity index is 2.63. The van der Waals surface area contributed by atoms with Gasteiger partial charge in [0.15, 0.2) is 0 Å².